The summed E-state index contributed by atoms with van der Waals surface area (Å²) < 4.78 is 32.8. The fraction of sp³-hybridized carbons (Fsp3) is 0.667. The van der Waals surface area contributed by atoms with E-state index in [1.165, 1.54) is 0 Å². The first kappa shape index (κ1) is 16.2. The van der Waals surface area contributed by atoms with Crippen LogP contribution in [0.5, 0.6) is 0 Å². The molecule has 0 radical (unpaired) electrons. The number of aliphatic hydroxyl groups excluding tert-OH is 1. The summed E-state index contributed by atoms with van der Waals surface area (Å²) in [5.41, 5.74) is 0. The minimum absolute atomic E-state index is 0.0868. The van der Waals surface area contributed by atoms with Crippen molar-refractivity contribution in [3.05, 3.63) is 24.2 Å². The van der Waals surface area contributed by atoms with Crippen LogP contribution < -0.4 is 5.32 Å². The van der Waals surface area contributed by atoms with Crippen molar-refractivity contribution in [3.8, 4) is 0 Å². The number of hydrogen-bond donors (Lipinski definition) is 2. The molecule has 7 heteroatoms. The van der Waals surface area contributed by atoms with E-state index in [4.69, 9.17) is 9.15 Å². The monoisotopic (exact) mass is 291 g/mol. The van der Waals surface area contributed by atoms with Gasteiger partial charge in [-0.2, -0.15) is 0 Å². The summed E-state index contributed by atoms with van der Waals surface area (Å²) in [5.74, 6) is 0.932. The van der Waals surface area contributed by atoms with Crippen LogP contribution in [0.2, 0.25) is 0 Å². The van der Waals surface area contributed by atoms with Gasteiger partial charge in [0.1, 0.15) is 12.4 Å². The normalized spacial score (nSPS) is 13.6. The maximum atomic E-state index is 11.2. The van der Waals surface area contributed by atoms with Gasteiger partial charge in [-0.25, -0.2) is 8.42 Å². The van der Waals surface area contributed by atoms with Gasteiger partial charge >= 0.3 is 0 Å². The van der Waals surface area contributed by atoms with Crippen molar-refractivity contribution in [1.82, 2.24) is 5.32 Å². The zero-order valence-electron chi connectivity index (χ0n) is 11.0. The molecule has 0 aliphatic rings. The Morgan fingerprint density at radius 2 is 2.32 bits per heavy atom. The second-order valence-corrected chi connectivity index (χ2v) is 6.66. The van der Waals surface area contributed by atoms with Crippen LogP contribution in [0.3, 0.4) is 0 Å². The van der Waals surface area contributed by atoms with Crippen molar-refractivity contribution in [2.24, 2.45) is 0 Å². The lowest BCUT2D eigenvalue weighted by atomic mass is 10.4. The molecule has 0 aromatic carbocycles. The second kappa shape index (κ2) is 8.31. The minimum Gasteiger partial charge on any atom is -0.467 e. The highest BCUT2D eigenvalue weighted by Gasteiger charge is 2.08. The predicted molar refractivity (Wildman–Crippen MR) is 71.6 cm³/mol. The standard InChI is InChI=1S/C12H21NO5S/c1-2-19(15,16)7-5-13-8-11(14)9-17-10-12-4-3-6-18-12/h3-4,6,11,13-14H,2,5,7-10H2,1H3. The Balaban J connectivity index is 2.03. The van der Waals surface area contributed by atoms with Crippen LogP contribution in [0.4, 0.5) is 0 Å². The van der Waals surface area contributed by atoms with Crippen LogP contribution >= 0.6 is 0 Å². The molecule has 0 spiro atoms. The van der Waals surface area contributed by atoms with Crippen LogP contribution in [0.15, 0.2) is 22.8 Å². The number of aliphatic hydroxyl groups is 1. The van der Waals surface area contributed by atoms with Gasteiger partial charge < -0.3 is 19.6 Å². The van der Waals surface area contributed by atoms with Crippen molar-refractivity contribution in [3.63, 3.8) is 0 Å². The molecule has 1 aromatic rings. The third-order valence-electron chi connectivity index (χ3n) is 2.54. The van der Waals surface area contributed by atoms with Gasteiger partial charge in [0.15, 0.2) is 9.84 Å². The Kier molecular flexibility index (Phi) is 7.07. The molecular formula is C12H21NO5S. The summed E-state index contributed by atoms with van der Waals surface area (Å²) >= 11 is 0. The Bertz CT molecular complexity index is 429. The number of nitrogens with one attached hydrogen (secondary N) is 1. The number of hydrogen-bond acceptors (Lipinski definition) is 6. The number of furan rings is 1. The van der Waals surface area contributed by atoms with Crippen LogP contribution in [0.25, 0.3) is 0 Å². The van der Waals surface area contributed by atoms with Gasteiger partial charge in [-0.05, 0) is 12.1 Å². The summed E-state index contributed by atoms with van der Waals surface area (Å²) in [5, 5.41) is 12.5. The highest BCUT2D eigenvalue weighted by molar-refractivity contribution is 7.91. The predicted octanol–water partition coefficient (Wildman–Crippen LogP) is 0.181. The molecule has 0 amide bonds. The third kappa shape index (κ3) is 7.31. The lowest BCUT2D eigenvalue weighted by molar-refractivity contribution is 0.0229. The zero-order valence-corrected chi connectivity index (χ0v) is 11.9. The lowest BCUT2D eigenvalue weighted by Gasteiger charge is -2.11. The van der Waals surface area contributed by atoms with Gasteiger partial charge in [0, 0.05) is 18.8 Å². The molecule has 1 rings (SSSR count). The lowest BCUT2D eigenvalue weighted by Crippen LogP contribution is -2.33. The van der Waals surface area contributed by atoms with E-state index in [1.54, 1.807) is 25.3 Å². The van der Waals surface area contributed by atoms with Crippen LogP contribution in [0.1, 0.15) is 12.7 Å². The van der Waals surface area contributed by atoms with Crippen molar-refractivity contribution in [2.45, 2.75) is 19.6 Å². The SMILES string of the molecule is CCS(=O)(=O)CCNCC(O)COCc1ccco1. The average molecular weight is 291 g/mol. The molecule has 1 aromatic heterocycles. The molecule has 1 heterocycles. The average Bonchev–Trinajstić information content (AvgIpc) is 2.88. The summed E-state index contributed by atoms with van der Waals surface area (Å²) in [6, 6.07) is 3.56. The molecule has 6 nitrogen and oxygen atoms in total. The molecule has 110 valence electrons. The maximum Gasteiger partial charge on any atom is 0.151 e. The first-order valence-electron chi connectivity index (χ1n) is 6.23. The largest absolute Gasteiger partial charge is 0.467 e. The van der Waals surface area contributed by atoms with Crippen molar-refractivity contribution < 1.29 is 22.7 Å². The molecule has 0 saturated carbocycles. The van der Waals surface area contributed by atoms with E-state index < -0.39 is 15.9 Å². The Labute approximate surface area is 113 Å². The van der Waals surface area contributed by atoms with Gasteiger partial charge in [0.2, 0.25) is 0 Å². The fourth-order valence-corrected chi connectivity index (χ4v) is 2.13. The summed E-state index contributed by atoms with van der Waals surface area (Å²) in [6.45, 7) is 2.75. The van der Waals surface area contributed by atoms with E-state index in [0.717, 1.165) is 0 Å². The smallest absolute Gasteiger partial charge is 0.151 e. The van der Waals surface area contributed by atoms with E-state index in [-0.39, 0.29) is 18.1 Å². The van der Waals surface area contributed by atoms with Gasteiger partial charge in [0.05, 0.1) is 24.7 Å². The highest BCUT2D eigenvalue weighted by Crippen LogP contribution is 2.01. The topological polar surface area (TPSA) is 88.8 Å². The first-order valence-corrected chi connectivity index (χ1v) is 8.05. The van der Waals surface area contributed by atoms with Crippen LogP contribution in [0, 0.1) is 0 Å². The molecule has 1 atom stereocenters. The summed E-state index contributed by atoms with van der Waals surface area (Å²) in [7, 11) is -2.95. The van der Waals surface area contributed by atoms with E-state index >= 15 is 0 Å². The van der Waals surface area contributed by atoms with Crippen LogP contribution in [-0.4, -0.2) is 50.8 Å². The van der Waals surface area contributed by atoms with Crippen molar-refractivity contribution in [2.75, 3.05) is 31.2 Å². The van der Waals surface area contributed by atoms with Gasteiger partial charge in [-0.3, -0.25) is 0 Å². The minimum atomic E-state index is -2.95. The van der Waals surface area contributed by atoms with Gasteiger partial charge in [-0.15, -0.1) is 0 Å². The molecule has 1 unspecified atom stereocenters. The van der Waals surface area contributed by atoms with Crippen molar-refractivity contribution >= 4 is 9.84 Å². The number of sulfone groups is 1. The number of ether oxygens (including phenoxy) is 1. The molecule has 0 bridgehead atoms. The van der Waals surface area contributed by atoms with Crippen molar-refractivity contribution in [1.29, 1.82) is 0 Å². The van der Waals surface area contributed by atoms with E-state index in [9.17, 15) is 13.5 Å². The molecule has 0 aliphatic heterocycles. The molecule has 0 saturated heterocycles. The summed E-state index contributed by atoms with van der Waals surface area (Å²) in [4.78, 5) is 0. The van der Waals surface area contributed by atoms with Crippen LogP contribution in [-0.2, 0) is 21.2 Å². The summed E-state index contributed by atoms with van der Waals surface area (Å²) in [6.07, 6.45) is 0.893. The quantitative estimate of drug-likeness (QED) is 0.598. The Morgan fingerprint density at radius 1 is 1.53 bits per heavy atom. The van der Waals surface area contributed by atoms with E-state index in [0.29, 0.717) is 25.5 Å². The third-order valence-corrected chi connectivity index (χ3v) is 4.25. The molecule has 0 fully saturated rings. The van der Waals surface area contributed by atoms with Gasteiger partial charge in [-0.1, -0.05) is 6.92 Å². The maximum absolute atomic E-state index is 11.2. The molecule has 2 N–H and O–H groups in total. The molecular weight excluding hydrogens is 270 g/mol. The Hall–Kier alpha value is -0.890. The zero-order chi connectivity index (χ0) is 14.1. The molecule has 0 aliphatic carbocycles. The first-order chi connectivity index (χ1) is 9.03. The Morgan fingerprint density at radius 3 is 2.95 bits per heavy atom. The fourth-order valence-electron chi connectivity index (χ4n) is 1.39. The van der Waals surface area contributed by atoms with E-state index in [1.807, 2.05) is 0 Å². The number of rotatable bonds is 10. The van der Waals surface area contributed by atoms with Gasteiger partial charge in [0.25, 0.3) is 0 Å². The second-order valence-electron chi connectivity index (χ2n) is 4.19. The molecule has 19 heavy (non-hydrogen) atoms. The van der Waals surface area contributed by atoms with E-state index in [2.05, 4.69) is 5.32 Å². The highest BCUT2D eigenvalue weighted by atomic mass is 32.2.